The van der Waals surface area contributed by atoms with Crippen LogP contribution in [0.3, 0.4) is 0 Å². The second-order valence-electron chi connectivity index (χ2n) is 8.59. The fourth-order valence-electron chi connectivity index (χ4n) is 4.46. The van der Waals surface area contributed by atoms with Gasteiger partial charge in [-0.05, 0) is 43.2 Å². The van der Waals surface area contributed by atoms with Gasteiger partial charge in [0, 0.05) is 50.9 Å². The molecule has 34 heavy (non-hydrogen) atoms. The van der Waals surface area contributed by atoms with Gasteiger partial charge in [0.15, 0.2) is 5.65 Å². The molecule has 1 unspecified atom stereocenters. The van der Waals surface area contributed by atoms with Crippen molar-refractivity contribution in [3.63, 3.8) is 0 Å². The number of amides is 1. The Labute approximate surface area is 198 Å². The molecule has 2 fully saturated rings. The van der Waals surface area contributed by atoms with E-state index in [1.165, 1.54) is 0 Å². The molecule has 0 bridgehead atoms. The maximum absolute atomic E-state index is 12.4. The van der Waals surface area contributed by atoms with Crippen molar-refractivity contribution in [2.45, 2.75) is 18.9 Å². The largest absolute Gasteiger partial charge is 0.475 e. The molecule has 0 aliphatic carbocycles. The van der Waals surface area contributed by atoms with Crippen LogP contribution >= 0.6 is 0 Å². The Morgan fingerprint density at radius 2 is 1.94 bits per heavy atom. The normalized spacial score (nSPS) is 19.0. The summed E-state index contributed by atoms with van der Waals surface area (Å²) in [6, 6.07) is 10.8. The SMILES string of the molecule is O=C(Oc1ccc(-c2cnc3ccc(OCCN4CCNCC4)nn23)cc1)N1CCCC1CO. The maximum atomic E-state index is 12.4. The number of nitrogens with one attached hydrogen (secondary N) is 1. The van der Waals surface area contributed by atoms with Gasteiger partial charge in [-0.25, -0.2) is 14.3 Å². The van der Waals surface area contributed by atoms with Crippen molar-refractivity contribution < 1.29 is 19.4 Å². The van der Waals surface area contributed by atoms with Gasteiger partial charge in [-0.2, -0.15) is 0 Å². The second-order valence-corrected chi connectivity index (χ2v) is 8.59. The van der Waals surface area contributed by atoms with Crippen LogP contribution in [0.25, 0.3) is 16.9 Å². The van der Waals surface area contributed by atoms with Gasteiger partial charge >= 0.3 is 6.09 Å². The Hall–Kier alpha value is -3.21. The molecule has 2 aromatic heterocycles. The molecule has 10 heteroatoms. The summed E-state index contributed by atoms with van der Waals surface area (Å²) < 4.78 is 13.2. The van der Waals surface area contributed by atoms with E-state index in [-0.39, 0.29) is 12.6 Å². The Kier molecular flexibility index (Phi) is 6.89. The first-order valence-corrected chi connectivity index (χ1v) is 11.8. The van der Waals surface area contributed by atoms with Gasteiger partial charge in [0.25, 0.3) is 0 Å². The summed E-state index contributed by atoms with van der Waals surface area (Å²) in [7, 11) is 0. The lowest BCUT2D eigenvalue weighted by Crippen LogP contribution is -2.44. The monoisotopic (exact) mass is 466 g/mol. The van der Waals surface area contributed by atoms with E-state index in [2.05, 4.69) is 20.3 Å². The molecule has 4 heterocycles. The number of nitrogens with zero attached hydrogens (tertiary/aromatic N) is 5. The third-order valence-corrected chi connectivity index (χ3v) is 6.38. The Morgan fingerprint density at radius 3 is 2.74 bits per heavy atom. The van der Waals surface area contributed by atoms with Crippen LogP contribution < -0.4 is 14.8 Å². The number of hydrogen-bond donors (Lipinski definition) is 2. The first kappa shape index (κ1) is 22.6. The van der Waals surface area contributed by atoms with E-state index in [0.29, 0.717) is 24.8 Å². The van der Waals surface area contributed by atoms with Gasteiger partial charge in [-0.15, -0.1) is 5.10 Å². The average Bonchev–Trinajstić information content (AvgIpc) is 3.52. The second kappa shape index (κ2) is 10.4. The van der Waals surface area contributed by atoms with Gasteiger partial charge < -0.3 is 24.8 Å². The van der Waals surface area contributed by atoms with Crippen LogP contribution in [-0.2, 0) is 0 Å². The molecular formula is C24H30N6O4. The van der Waals surface area contributed by atoms with Gasteiger partial charge in [0.2, 0.25) is 5.88 Å². The lowest BCUT2D eigenvalue weighted by Gasteiger charge is -2.26. The van der Waals surface area contributed by atoms with Gasteiger partial charge in [0.1, 0.15) is 12.4 Å². The summed E-state index contributed by atoms with van der Waals surface area (Å²) in [6.45, 7) is 6.11. The number of aliphatic hydroxyl groups is 1. The van der Waals surface area contributed by atoms with Crippen molar-refractivity contribution in [3.05, 3.63) is 42.6 Å². The summed E-state index contributed by atoms with van der Waals surface area (Å²) in [5.41, 5.74) is 2.44. The molecule has 2 aliphatic heterocycles. The number of imidazole rings is 1. The van der Waals surface area contributed by atoms with Crippen LogP contribution in [0.15, 0.2) is 42.6 Å². The number of piperazine rings is 1. The maximum Gasteiger partial charge on any atom is 0.415 e. The van der Waals surface area contributed by atoms with Crippen molar-refractivity contribution in [2.75, 3.05) is 52.5 Å². The standard InChI is InChI=1S/C24H30N6O4/c31-17-19-2-1-11-29(19)24(32)34-20-5-3-18(4-6-20)21-16-26-22-7-8-23(27-30(21)22)33-15-14-28-12-9-25-10-13-28/h3-8,16,19,25,31H,1-2,9-15,17H2. The minimum atomic E-state index is -0.427. The zero-order chi connectivity index (χ0) is 23.3. The van der Waals surface area contributed by atoms with E-state index >= 15 is 0 Å². The summed E-state index contributed by atoms with van der Waals surface area (Å²) in [5, 5.41) is 17.4. The van der Waals surface area contributed by atoms with E-state index in [9.17, 15) is 9.90 Å². The van der Waals surface area contributed by atoms with Crippen LogP contribution in [-0.4, -0.2) is 94.1 Å². The highest BCUT2D eigenvalue weighted by Crippen LogP contribution is 2.25. The van der Waals surface area contributed by atoms with E-state index in [0.717, 1.165) is 62.5 Å². The van der Waals surface area contributed by atoms with Crippen molar-refractivity contribution in [3.8, 4) is 22.9 Å². The fourth-order valence-corrected chi connectivity index (χ4v) is 4.46. The number of rotatable bonds is 7. The van der Waals surface area contributed by atoms with Crippen LogP contribution in [0.1, 0.15) is 12.8 Å². The summed E-state index contributed by atoms with van der Waals surface area (Å²) >= 11 is 0. The molecular weight excluding hydrogens is 436 g/mol. The lowest BCUT2D eigenvalue weighted by molar-refractivity contribution is 0.124. The smallest absolute Gasteiger partial charge is 0.415 e. The Balaban J connectivity index is 1.24. The number of carbonyl (C=O) groups excluding carboxylic acids is 1. The van der Waals surface area contributed by atoms with Crippen LogP contribution in [0.4, 0.5) is 4.79 Å². The topological polar surface area (TPSA) is 104 Å². The number of ether oxygens (including phenoxy) is 2. The number of likely N-dealkylation sites (tertiary alicyclic amines) is 1. The number of hydrogen-bond acceptors (Lipinski definition) is 8. The molecule has 10 nitrogen and oxygen atoms in total. The Bertz CT molecular complexity index is 1110. The molecule has 3 aromatic rings. The number of aromatic nitrogens is 3. The highest BCUT2D eigenvalue weighted by molar-refractivity contribution is 5.72. The zero-order valence-corrected chi connectivity index (χ0v) is 19.1. The quantitative estimate of drug-likeness (QED) is 0.542. The predicted molar refractivity (Wildman–Crippen MR) is 126 cm³/mol. The first-order valence-electron chi connectivity index (χ1n) is 11.8. The van der Waals surface area contributed by atoms with Crippen LogP contribution in [0.2, 0.25) is 0 Å². The van der Waals surface area contributed by atoms with E-state index in [1.54, 1.807) is 27.7 Å². The van der Waals surface area contributed by atoms with Crippen molar-refractivity contribution >= 4 is 11.7 Å². The number of carbonyl (C=O) groups is 1. The van der Waals surface area contributed by atoms with E-state index < -0.39 is 6.09 Å². The number of benzene rings is 1. The molecule has 2 saturated heterocycles. The third kappa shape index (κ3) is 4.98. The van der Waals surface area contributed by atoms with Crippen LogP contribution in [0.5, 0.6) is 11.6 Å². The molecule has 0 spiro atoms. The zero-order valence-electron chi connectivity index (χ0n) is 19.1. The molecule has 2 aliphatic rings. The van der Waals surface area contributed by atoms with E-state index in [4.69, 9.17) is 9.47 Å². The molecule has 1 atom stereocenters. The van der Waals surface area contributed by atoms with Gasteiger partial charge in [0.05, 0.1) is 24.5 Å². The lowest BCUT2D eigenvalue weighted by atomic mass is 10.1. The molecule has 1 amide bonds. The minimum absolute atomic E-state index is 0.0449. The summed E-state index contributed by atoms with van der Waals surface area (Å²) in [4.78, 5) is 20.9. The highest BCUT2D eigenvalue weighted by Gasteiger charge is 2.29. The number of aliphatic hydroxyl groups excluding tert-OH is 1. The predicted octanol–water partition coefficient (Wildman–Crippen LogP) is 1.64. The highest BCUT2D eigenvalue weighted by atomic mass is 16.6. The van der Waals surface area contributed by atoms with Crippen molar-refractivity contribution in [2.24, 2.45) is 0 Å². The fraction of sp³-hybridized carbons (Fsp3) is 0.458. The average molecular weight is 467 g/mol. The molecule has 2 N–H and O–H groups in total. The minimum Gasteiger partial charge on any atom is -0.475 e. The summed E-state index contributed by atoms with van der Waals surface area (Å²) in [5.74, 6) is 1.01. The molecule has 1 aromatic carbocycles. The van der Waals surface area contributed by atoms with Crippen LogP contribution in [0, 0.1) is 0 Å². The molecule has 180 valence electrons. The van der Waals surface area contributed by atoms with E-state index in [1.807, 2.05) is 24.3 Å². The molecule has 5 rings (SSSR count). The van der Waals surface area contributed by atoms with Crippen molar-refractivity contribution in [1.82, 2.24) is 29.7 Å². The Morgan fingerprint density at radius 1 is 1.12 bits per heavy atom. The first-order chi connectivity index (χ1) is 16.7. The van der Waals surface area contributed by atoms with Gasteiger partial charge in [-0.1, -0.05) is 0 Å². The molecule has 0 radical (unpaired) electrons. The third-order valence-electron chi connectivity index (χ3n) is 6.38. The number of fused-ring (bicyclic) bond motifs is 1. The molecule has 0 saturated carbocycles. The van der Waals surface area contributed by atoms with Gasteiger partial charge in [-0.3, -0.25) is 4.90 Å². The van der Waals surface area contributed by atoms with Crippen molar-refractivity contribution in [1.29, 1.82) is 0 Å². The summed E-state index contributed by atoms with van der Waals surface area (Å²) in [6.07, 6.45) is 3.02.